The fourth-order valence-corrected chi connectivity index (χ4v) is 2.97. The summed E-state index contributed by atoms with van der Waals surface area (Å²) in [5.41, 5.74) is 5.82. The first kappa shape index (κ1) is 20.8. The van der Waals surface area contributed by atoms with Crippen LogP contribution < -0.4 is 10.5 Å². The molecule has 9 heteroatoms. The Labute approximate surface area is 175 Å². The van der Waals surface area contributed by atoms with Gasteiger partial charge in [0, 0.05) is 11.3 Å². The molecule has 0 saturated carbocycles. The van der Waals surface area contributed by atoms with E-state index in [1.54, 1.807) is 24.3 Å². The van der Waals surface area contributed by atoms with E-state index in [1.165, 1.54) is 19.2 Å². The Bertz CT molecular complexity index is 1080. The molecule has 29 heavy (non-hydrogen) atoms. The predicted octanol–water partition coefficient (Wildman–Crippen LogP) is 5.28. The molecule has 0 unspecified atom stereocenters. The zero-order chi connectivity index (χ0) is 21.1. The SMILES string of the molecule is COc1c(Cl)ccc(-c2nc(C(=O)OCc3ccc(N)cc3)c(Cl)cc2F)c1F. The Kier molecular flexibility index (Phi) is 6.20. The van der Waals surface area contributed by atoms with Crippen molar-refractivity contribution in [2.24, 2.45) is 0 Å². The number of hydrogen-bond donors (Lipinski definition) is 1. The molecule has 0 aliphatic rings. The number of nitrogens with zero attached hydrogens (tertiary/aromatic N) is 1. The van der Waals surface area contributed by atoms with Crippen molar-refractivity contribution in [2.75, 3.05) is 12.8 Å². The van der Waals surface area contributed by atoms with Crippen molar-refractivity contribution >= 4 is 34.9 Å². The molecule has 0 atom stereocenters. The van der Waals surface area contributed by atoms with Crippen molar-refractivity contribution < 1.29 is 23.0 Å². The lowest BCUT2D eigenvalue weighted by Gasteiger charge is -2.12. The molecule has 0 aliphatic carbocycles. The van der Waals surface area contributed by atoms with E-state index < -0.39 is 23.3 Å². The minimum Gasteiger partial charge on any atom is -0.492 e. The maximum Gasteiger partial charge on any atom is 0.358 e. The Hall–Kier alpha value is -2.90. The number of aromatic nitrogens is 1. The summed E-state index contributed by atoms with van der Waals surface area (Å²) in [5.74, 6) is -3.01. The summed E-state index contributed by atoms with van der Waals surface area (Å²) in [6, 6.07) is 10.1. The molecule has 3 rings (SSSR count). The third-order valence-electron chi connectivity index (χ3n) is 3.98. The molecule has 2 aromatic carbocycles. The number of rotatable bonds is 5. The first-order valence-corrected chi connectivity index (χ1v) is 8.97. The maximum absolute atomic E-state index is 14.7. The highest BCUT2D eigenvalue weighted by Gasteiger charge is 2.23. The predicted molar refractivity (Wildman–Crippen MR) is 106 cm³/mol. The van der Waals surface area contributed by atoms with E-state index in [9.17, 15) is 13.6 Å². The highest BCUT2D eigenvalue weighted by atomic mass is 35.5. The summed E-state index contributed by atoms with van der Waals surface area (Å²) in [4.78, 5) is 16.3. The van der Waals surface area contributed by atoms with E-state index in [2.05, 4.69) is 4.98 Å². The van der Waals surface area contributed by atoms with Gasteiger partial charge in [-0.1, -0.05) is 35.3 Å². The van der Waals surface area contributed by atoms with Crippen LogP contribution in [0.1, 0.15) is 16.1 Å². The van der Waals surface area contributed by atoms with E-state index in [1.807, 2.05) is 0 Å². The van der Waals surface area contributed by atoms with Gasteiger partial charge in [-0.15, -0.1) is 0 Å². The van der Waals surface area contributed by atoms with Crippen LogP contribution in [0.3, 0.4) is 0 Å². The highest BCUT2D eigenvalue weighted by Crippen LogP contribution is 2.36. The Morgan fingerprint density at radius 3 is 2.45 bits per heavy atom. The normalized spacial score (nSPS) is 10.7. The summed E-state index contributed by atoms with van der Waals surface area (Å²) >= 11 is 11.8. The van der Waals surface area contributed by atoms with Crippen LogP contribution >= 0.6 is 23.2 Å². The average Bonchev–Trinajstić information content (AvgIpc) is 2.68. The molecular weight excluding hydrogens is 425 g/mol. The van der Waals surface area contributed by atoms with E-state index in [4.69, 9.17) is 38.4 Å². The average molecular weight is 439 g/mol. The first-order valence-electron chi connectivity index (χ1n) is 8.21. The molecule has 1 heterocycles. The molecule has 5 nitrogen and oxygen atoms in total. The van der Waals surface area contributed by atoms with Crippen molar-refractivity contribution in [3.8, 4) is 17.0 Å². The summed E-state index contributed by atoms with van der Waals surface area (Å²) in [5, 5.41) is -0.263. The van der Waals surface area contributed by atoms with Crippen LogP contribution in [0.5, 0.6) is 5.75 Å². The number of nitrogens with two attached hydrogens (primary N) is 1. The largest absolute Gasteiger partial charge is 0.492 e. The number of esters is 1. The number of pyridine rings is 1. The lowest BCUT2D eigenvalue weighted by Crippen LogP contribution is -2.10. The van der Waals surface area contributed by atoms with Crippen molar-refractivity contribution in [1.29, 1.82) is 0 Å². The Morgan fingerprint density at radius 1 is 1.10 bits per heavy atom. The van der Waals surface area contributed by atoms with Gasteiger partial charge < -0.3 is 15.2 Å². The van der Waals surface area contributed by atoms with Gasteiger partial charge in [0.1, 0.15) is 12.3 Å². The van der Waals surface area contributed by atoms with Crippen LogP contribution in [0, 0.1) is 11.6 Å². The second kappa shape index (κ2) is 8.63. The van der Waals surface area contributed by atoms with Gasteiger partial charge in [0.25, 0.3) is 0 Å². The third-order valence-corrected chi connectivity index (χ3v) is 4.57. The van der Waals surface area contributed by atoms with Crippen LogP contribution in [-0.4, -0.2) is 18.1 Å². The molecule has 3 aromatic rings. The molecule has 150 valence electrons. The van der Waals surface area contributed by atoms with Crippen LogP contribution in [0.4, 0.5) is 14.5 Å². The van der Waals surface area contributed by atoms with Gasteiger partial charge in [0.05, 0.1) is 17.2 Å². The molecular formula is C20H14Cl2F2N2O3. The number of ether oxygens (including phenoxy) is 2. The molecule has 0 bridgehead atoms. The number of carbonyl (C=O) groups excluding carboxylic acids is 1. The molecule has 0 fully saturated rings. The van der Waals surface area contributed by atoms with E-state index in [0.29, 0.717) is 11.3 Å². The van der Waals surface area contributed by atoms with Gasteiger partial charge in [-0.2, -0.15) is 0 Å². The molecule has 0 amide bonds. The lowest BCUT2D eigenvalue weighted by molar-refractivity contribution is 0.0466. The van der Waals surface area contributed by atoms with Gasteiger partial charge in [0.15, 0.2) is 23.1 Å². The summed E-state index contributed by atoms with van der Waals surface area (Å²) in [6.07, 6.45) is 0. The number of carbonyl (C=O) groups is 1. The molecule has 0 spiro atoms. The quantitative estimate of drug-likeness (QED) is 0.433. The van der Waals surface area contributed by atoms with Crippen molar-refractivity contribution in [3.05, 3.63) is 75.4 Å². The lowest BCUT2D eigenvalue weighted by atomic mass is 10.1. The zero-order valence-corrected chi connectivity index (χ0v) is 16.5. The second-order valence-electron chi connectivity index (χ2n) is 5.91. The number of nitrogen functional groups attached to an aromatic ring is 1. The Morgan fingerprint density at radius 2 is 1.79 bits per heavy atom. The first-order chi connectivity index (χ1) is 13.8. The van der Waals surface area contributed by atoms with Crippen LogP contribution in [0.25, 0.3) is 11.3 Å². The van der Waals surface area contributed by atoms with Gasteiger partial charge in [-0.05, 0) is 35.9 Å². The summed E-state index contributed by atoms with van der Waals surface area (Å²) in [7, 11) is 1.22. The summed E-state index contributed by atoms with van der Waals surface area (Å²) < 4.78 is 39.2. The van der Waals surface area contributed by atoms with Gasteiger partial charge in [-0.3, -0.25) is 0 Å². The van der Waals surface area contributed by atoms with E-state index in [0.717, 1.165) is 6.07 Å². The van der Waals surface area contributed by atoms with E-state index in [-0.39, 0.29) is 33.7 Å². The standard InChI is InChI=1S/C20H14Cl2F2N2O3/c1-28-19-13(21)7-6-12(16(19)24)17-15(23)8-14(22)18(26-17)20(27)29-9-10-2-4-11(25)5-3-10/h2-8H,9,25H2,1H3. The third kappa shape index (κ3) is 4.41. The van der Waals surface area contributed by atoms with Crippen molar-refractivity contribution in [3.63, 3.8) is 0 Å². The number of methoxy groups -OCH3 is 1. The van der Waals surface area contributed by atoms with E-state index >= 15 is 0 Å². The zero-order valence-electron chi connectivity index (χ0n) is 15.0. The minimum atomic E-state index is -0.923. The molecule has 0 aliphatic heterocycles. The van der Waals surface area contributed by atoms with Gasteiger partial charge >= 0.3 is 5.97 Å². The fourth-order valence-electron chi connectivity index (χ4n) is 2.53. The topological polar surface area (TPSA) is 74.4 Å². The molecule has 0 radical (unpaired) electrons. The van der Waals surface area contributed by atoms with Crippen LogP contribution in [0.15, 0.2) is 42.5 Å². The smallest absolute Gasteiger partial charge is 0.358 e. The molecule has 0 saturated heterocycles. The second-order valence-corrected chi connectivity index (χ2v) is 6.72. The Balaban J connectivity index is 1.93. The van der Waals surface area contributed by atoms with Crippen LogP contribution in [0.2, 0.25) is 10.0 Å². The summed E-state index contributed by atoms with van der Waals surface area (Å²) in [6.45, 7) is -0.0764. The molecule has 1 aromatic heterocycles. The van der Waals surface area contributed by atoms with Crippen molar-refractivity contribution in [2.45, 2.75) is 6.61 Å². The monoisotopic (exact) mass is 438 g/mol. The number of halogens is 4. The number of hydrogen-bond acceptors (Lipinski definition) is 5. The molecule has 2 N–H and O–H groups in total. The van der Waals surface area contributed by atoms with Gasteiger partial charge in [-0.25, -0.2) is 18.6 Å². The van der Waals surface area contributed by atoms with Crippen molar-refractivity contribution in [1.82, 2.24) is 4.98 Å². The number of benzene rings is 2. The highest BCUT2D eigenvalue weighted by molar-refractivity contribution is 6.33. The fraction of sp³-hybridized carbons (Fsp3) is 0.100. The number of anilines is 1. The van der Waals surface area contributed by atoms with Crippen LogP contribution in [-0.2, 0) is 11.3 Å². The van der Waals surface area contributed by atoms with Gasteiger partial charge in [0.2, 0.25) is 0 Å². The minimum absolute atomic E-state index is 0.00579. The maximum atomic E-state index is 14.7.